The molecule has 3 atom stereocenters. The van der Waals surface area contributed by atoms with Crippen LogP contribution in [0.2, 0.25) is 0 Å². The fourth-order valence-corrected chi connectivity index (χ4v) is 5.15. The first-order chi connectivity index (χ1) is 11.2. The standard InChI is InChI=1S/C17H20N2O4S/c1-10-13(21)19-14(10)24-16(2,3)17(19,15(22)23)18-12(20)9-11-7-5-4-6-8-11/h4-8,10,14H,9H2,1-3H3,(H,18,20)(H,22,23)/t10-,14+,17-/m0/s1. The number of β-lactam (4-membered cyclic amide) rings is 1. The van der Waals surface area contributed by atoms with Crippen molar-refractivity contribution in [2.45, 2.75) is 43.0 Å². The Labute approximate surface area is 144 Å². The Hall–Kier alpha value is -2.02. The maximum atomic E-state index is 12.5. The molecule has 2 saturated heterocycles. The number of aliphatic carboxylic acids is 1. The molecule has 0 saturated carbocycles. The van der Waals surface area contributed by atoms with Crippen molar-refractivity contribution in [1.29, 1.82) is 0 Å². The number of nitrogens with zero attached hydrogens (tertiary/aromatic N) is 1. The van der Waals surface area contributed by atoms with Crippen LogP contribution in [0, 0.1) is 5.92 Å². The van der Waals surface area contributed by atoms with Gasteiger partial charge >= 0.3 is 5.97 Å². The Bertz CT molecular complexity index is 706. The van der Waals surface area contributed by atoms with Crippen LogP contribution in [0.5, 0.6) is 0 Å². The third-order valence-corrected chi connectivity index (χ3v) is 6.54. The van der Waals surface area contributed by atoms with Crippen molar-refractivity contribution in [2.24, 2.45) is 5.92 Å². The molecule has 0 bridgehead atoms. The first-order valence-corrected chi connectivity index (χ1v) is 8.68. The van der Waals surface area contributed by atoms with E-state index in [1.807, 2.05) is 18.2 Å². The number of carbonyl (C=O) groups is 3. The number of benzene rings is 1. The first-order valence-electron chi connectivity index (χ1n) is 7.80. The van der Waals surface area contributed by atoms with Crippen molar-refractivity contribution >= 4 is 29.5 Å². The van der Waals surface area contributed by atoms with Crippen molar-refractivity contribution < 1.29 is 19.5 Å². The summed E-state index contributed by atoms with van der Waals surface area (Å²) in [5.41, 5.74) is -0.934. The molecule has 128 valence electrons. The molecule has 0 aliphatic carbocycles. The lowest BCUT2D eigenvalue weighted by Gasteiger charge is -2.49. The fraction of sp³-hybridized carbons (Fsp3) is 0.471. The Morgan fingerprint density at radius 3 is 2.50 bits per heavy atom. The maximum absolute atomic E-state index is 12.5. The highest BCUT2D eigenvalue weighted by Gasteiger charge is 2.72. The number of carboxylic acid groups (broad SMARTS) is 1. The quantitative estimate of drug-likeness (QED) is 0.805. The van der Waals surface area contributed by atoms with Crippen LogP contribution in [0.15, 0.2) is 30.3 Å². The summed E-state index contributed by atoms with van der Waals surface area (Å²) >= 11 is 1.42. The van der Waals surface area contributed by atoms with E-state index >= 15 is 0 Å². The van der Waals surface area contributed by atoms with Crippen LogP contribution >= 0.6 is 11.8 Å². The Balaban J connectivity index is 1.90. The molecule has 1 aromatic rings. The number of nitrogens with one attached hydrogen (secondary N) is 1. The Morgan fingerprint density at radius 1 is 1.29 bits per heavy atom. The second kappa shape index (κ2) is 5.51. The molecule has 1 aromatic carbocycles. The van der Waals surface area contributed by atoms with Crippen LogP contribution in [0.3, 0.4) is 0 Å². The predicted molar refractivity (Wildman–Crippen MR) is 90.1 cm³/mol. The van der Waals surface area contributed by atoms with Crippen LogP contribution in [-0.4, -0.2) is 43.6 Å². The van der Waals surface area contributed by atoms with Crippen molar-refractivity contribution in [1.82, 2.24) is 10.2 Å². The van der Waals surface area contributed by atoms with Crippen LogP contribution < -0.4 is 5.32 Å². The van der Waals surface area contributed by atoms with Gasteiger partial charge in [-0.05, 0) is 19.4 Å². The number of thioether (sulfide) groups is 1. The molecule has 2 aliphatic rings. The van der Waals surface area contributed by atoms with E-state index in [1.165, 1.54) is 16.7 Å². The van der Waals surface area contributed by atoms with E-state index in [4.69, 9.17) is 0 Å². The molecule has 2 heterocycles. The van der Waals surface area contributed by atoms with E-state index in [-0.39, 0.29) is 23.6 Å². The monoisotopic (exact) mass is 348 g/mol. The Kier molecular flexibility index (Phi) is 3.86. The van der Waals surface area contributed by atoms with Gasteiger partial charge in [0.1, 0.15) is 0 Å². The smallest absolute Gasteiger partial charge is 0.352 e. The van der Waals surface area contributed by atoms with E-state index in [0.29, 0.717) is 0 Å². The molecule has 0 spiro atoms. The van der Waals surface area contributed by atoms with Crippen molar-refractivity contribution in [3.8, 4) is 0 Å². The molecule has 6 nitrogen and oxygen atoms in total. The minimum Gasteiger partial charge on any atom is -0.478 e. The van der Waals surface area contributed by atoms with Gasteiger partial charge in [0.25, 0.3) is 0 Å². The molecule has 2 aliphatic heterocycles. The van der Waals surface area contributed by atoms with Gasteiger partial charge in [-0.1, -0.05) is 37.3 Å². The lowest BCUT2D eigenvalue weighted by molar-refractivity contribution is -0.178. The Morgan fingerprint density at radius 2 is 1.92 bits per heavy atom. The molecule has 2 fully saturated rings. The average Bonchev–Trinajstić information content (AvgIpc) is 2.74. The minimum atomic E-state index is -1.72. The largest absolute Gasteiger partial charge is 0.478 e. The third kappa shape index (κ3) is 2.22. The summed E-state index contributed by atoms with van der Waals surface area (Å²) in [6, 6.07) is 9.10. The summed E-state index contributed by atoms with van der Waals surface area (Å²) in [5, 5.41) is 12.4. The topological polar surface area (TPSA) is 86.7 Å². The van der Waals surface area contributed by atoms with Gasteiger partial charge in [0.05, 0.1) is 22.5 Å². The first kappa shape index (κ1) is 16.8. The summed E-state index contributed by atoms with van der Waals surface area (Å²) in [4.78, 5) is 38.3. The molecule has 3 rings (SSSR count). The van der Waals surface area contributed by atoms with Gasteiger partial charge in [-0.2, -0.15) is 0 Å². The number of hydrogen-bond donors (Lipinski definition) is 2. The fourth-order valence-electron chi connectivity index (χ4n) is 3.45. The molecule has 0 radical (unpaired) electrons. The number of fused-ring (bicyclic) bond motifs is 1. The highest BCUT2D eigenvalue weighted by molar-refractivity contribution is 8.01. The summed E-state index contributed by atoms with van der Waals surface area (Å²) in [6.45, 7) is 5.30. The van der Waals surface area contributed by atoms with Gasteiger partial charge < -0.3 is 10.4 Å². The normalized spacial score (nSPS) is 30.5. The number of hydrogen-bond acceptors (Lipinski definition) is 4. The molecular weight excluding hydrogens is 328 g/mol. The van der Waals surface area contributed by atoms with Crippen LogP contribution in [0.1, 0.15) is 26.3 Å². The van der Waals surface area contributed by atoms with Gasteiger partial charge in [-0.25, -0.2) is 4.79 Å². The van der Waals surface area contributed by atoms with Crippen LogP contribution in [0.4, 0.5) is 0 Å². The van der Waals surface area contributed by atoms with Crippen molar-refractivity contribution in [3.63, 3.8) is 0 Å². The van der Waals surface area contributed by atoms with Crippen LogP contribution in [0.25, 0.3) is 0 Å². The maximum Gasteiger partial charge on any atom is 0.352 e. The summed E-state index contributed by atoms with van der Waals surface area (Å²) in [6.07, 6.45) is 0.0683. The van der Waals surface area contributed by atoms with Crippen molar-refractivity contribution in [3.05, 3.63) is 35.9 Å². The van der Waals surface area contributed by atoms with Gasteiger partial charge in [-0.15, -0.1) is 11.8 Å². The van der Waals surface area contributed by atoms with E-state index in [1.54, 1.807) is 32.9 Å². The molecular formula is C17H20N2O4S. The molecule has 0 unspecified atom stereocenters. The van der Waals surface area contributed by atoms with E-state index in [2.05, 4.69) is 5.32 Å². The number of amides is 2. The summed E-state index contributed by atoms with van der Waals surface area (Å²) in [7, 11) is 0. The summed E-state index contributed by atoms with van der Waals surface area (Å²) < 4.78 is -0.837. The SMILES string of the molecule is C[C@H]1C(=O)N2[C@@H]1SC(C)(C)[C@]2(NC(=O)Cc1ccccc1)C(=O)O. The van der Waals surface area contributed by atoms with E-state index in [9.17, 15) is 19.5 Å². The molecule has 0 aromatic heterocycles. The molecule has 2 N–H and O–H groups in total. The highest BCUT2D eigenvalue weighted by atomic mass is 32.2. The number of carboxylic acids is 1. The highest BCUT2D eigenvalue weighted by Crippen LogP contribution is 2.57. The second-order valence-electron chi connectivity index (χ2n) is 6.74. The van der Waals surface area contributed by atoms with Gasteiger partial charge in [-0.3, -0.25) is 14.5 Å². The lowest BCUT2D eigenvalue weighted by atomic mass is 9.86. The zero-order valence-corrected chi connectivity index (χ0v) is 14.6. The average molecular weight is 348 g/mol. The van der Waals surface area contributed by atoms with E-state index < -0.39 is 22.3 Å². The number of rotatable bonds is 4. The van der Waals surface area contributed by atoms with Gasteiger partial charge in [0.2, 0.25) is 17.5 Å². The van der Waals surface area contributed by atoms with Gasteiger partial charge in [0, 0.05) is 0 Å². The minimum absolute atomic E-state index is 0.0683. The molecule has 24 heavy (non-hydrogen) atoms. The van der Waals surface area contributed by atoms with Gasteiger partial charge in [0.15, 0.2) is 0 Å². The van der Waals surface area contributed by atoms with Crippen molar-refractivity contribution in [2.75, 3.05) is 0 Å². The molecule has 7 heteroatoms. The number of carbonyl (C=O) groups excluding carboxylic acids is 2. The van der Waals surface area contributed by atoms with E-state index in [0.717, 1.165) is 5.56 Å². The third-order valence-electron chi connectivity index (χ3n) is 4.79. The predicted octanol–water partition coefficient (Wildman–Crippen LogP) is 1.46. The lowest BCUT2D eigenvalue weighted by Crippen LogP contribution is -2.76. The second-order valence-corrected chi connectivity index (χ2v) is 8.48. The zero-order valence-electron chi connectivity index (χ0n) is 13.8. The zero-order chi connectivity index (χ0) is 17.7. The molecule has 2 amide bonds. The summed E-state index contributed by atoms with van der Waals surface area (Å²) in [5.74, 6) is -2.09. The van der Waals surface area contributed by atoms with Crippen LogP contribution in [-0.2, 0) is 20.8 Å².